The van der Waals surface area contributed by atoms with Gasteiger partial charge in [0.05, 0.1) is 6.61 Å². The molecular weight excluding hydrogens is 220 g/mol. The zero-order valence-corrected chi connectivity index (χ0v) is 11.3. The van der Waals surface area contributed by atoms with Crippen LogP contribution in [0.5, 0.6) is 0 Å². The van der Waals surface area contributed by atoms with Crippen LogP contribution in [0.15, 0.2) is 0 Å². The van der Waals surface area contributed by atoms with Gasteiger partial charge in [-0.25, -0.2) is 4.79 Å². The molecule has 1 unspecified atom stereocenters. The molecule has 0 bridgehead atoms. The molecule has 1 amide bonds. The second-order valence-electron chi connectivity index (χ2n) is 5.42. The van der Waals surface area contributed by atoms with Crippen LogP contribution in [0.25, 0.3) is 0 Å². The maximum Gasteiger partial charge on any atom is 0.410 e. The van der Waals surface area contributed by atoms with Crippen molar-refractivity contribution in [3.8, 4) is 0 Å². The van der Waals surface area contributed by atoms with Crippen LogP contribution in [0.3, 0.4) is 0 Å². The Labute approximate surface area is 103 Å². The highest BCUT2D eigenvalue weighted by molar-refractivity contribution is 5.67. The molecule has 1 aliphatic heterocycles. The molecule has 1 N–H and O–H groups in total. The van der Waals surface area contributed by atoms with E-state index in [0.29, 0.717) is 12.6 Å². The van der Waals surface area contributed by atoms with Gasteiger partial charge in [0.25, 0.3) is 0 Å². The Bertz CT molecular complexity index is 245. The second kappa shape index (κ2) is 6.21. The van der Waals surface area contributed by atoms with Crippen LogP contribution in [-0.2, 0) is 9.47 Å². The summed E-state index contributed by atoms with van der Waals surface area (Å²) < 4.78 is 10.5. The van der Waals surface area contributed by atoms with E-state index in [-0.39, 0.29) is 6.09 Å². The van der Waals surface area contributed by atoms with Gasteiger partial charge in [-0.05, 0) is 27.2 Å². The van der Waals surface area contributed by atoms with Crippen LogP contribution in [0.2, 0.25) is 0 Å². The van der Waals surface area contributed by atoms with E-state index in [2.05, 4.69) is 5.32 Å². The van der Waals surface area contributed by atoms with E-state index in [1.807, 2.05) is 20.8 Å². The van der Waals surface area contributed by atoms with E-state index in [9.17, 15) is 4.79 Å². The number of hydrogen-bond donors (Lipinski definition) is 1. The number of amides is 1. The number of hydrogen-bond acceptors (Lipinski definition) is 4. The Hall–Kier alpha value is -0.810. The molecule has 1 heterocycles. The lowest BCUT2D eigenvalue weighted by Gasteiger charge is -2.25. The van der Waals surface area contributed by atoms with Gasteiger partial charge in [-0.15, -0.1) is 0 Å². The number of rotatable bonds is 4. The van der Waals surface area contributed by atoms with E-state index in [1.54, 1.807) is 11.9 Å². The monoisotopic (exact) mass is 244 g/mol. The number of nitrogens with zero attached hydrogens (tertiary/aromatic N) is 1. The largest absolute Gasteiger partial charge is 0.444 e. The maximum atomic E-state index is 11.6. The lowest BCUT2D eigenvalue weighted by Crippen LogP contribution is -2.40. The van der Waals surface area contributed by atoms with Crippen LogP contribution >= 0.6 is 0 Å². The molecule has 1 saturated heterocycles. The van der Waals surface area contributed by atoms with Gasteiger partial charge in [0.15, 0.2) is 0 Å². The molecule has 0 radical (unpaired) electrons. The Morgan fingerprint density at radius 3 is 2.76 bits per heavy atom. The van der Waals surface area contributed by atoms with Crippen molar-refractivity contribution in [3.63, 3.8) is 0 Å². The van der Waals surface area contributed by atoms with Crippen molar-refractivity contribution >= 4 is 6.09 Å². The quantitative estimate of drug-likeness (QED) is 0.808. The van der Waals surface area contributed by atoms with Gasteiger partial charge in [0.1, 0.15) is 5.60 Å². The first-order valence-corrected chi connectivity index (χ1v) is 6.14. The van der Waals surface area contributed by atoms with E-state index in [0.717, 1.165) is 26.2 Å². The predicted molar refractivity (Wildman–Crippen MR) is 66.1 cm³/mol. The highest BCUT2D eigenvalue weighted by Crippen LogP contribution is 2.08. The predicted octanol–water partition coefficient (Wildman–Crippen LogP) is 1.23. The number of carbonyl (C=O) groups excluding carboxylic acids is 1. The van der Waals surface area contributed by atoms with E-state index >= 15 is 0 Å². The Balaban J connectivity index is 2.15. The smallest absolute Gasteiger partial charge is 0.410 e. The van der Waals surface area contributed by atoms with E-state index in [4.69, 9.17) is 9.47 Å². The van der Waals surface area contributed by atoms with Crippen molar-refractivity contribution in [2.75, 3.05) is 33.4 Å². The number of carbonyl (C=O) groups is 1. The van der Waals surface area contributed by atoms with Gasteiger partial charge in [0.2, 0.25) is 0 Å². The second-order valence-corrected chi connectivity index (χ2v) is 5.42. The Morgan fingerprint density at radius 1 is 1.53 bits per heavy atom. The number of likely N-dealkylation sites (N-methyl/N-ethyl adjacent to an activating group) is 1. The molecule has 1 atom stereocenters. The fraction of sp³-hybridized carbons (Fsp3) is 0.917. The third-order valence-electron chi connectivity index (χ3n) is 2.52. The molecule has 5 nitrogen and oxygen atoms in total. The van der Waals surface area contributed by atoms with Crippen LogP contribution in [0, 0.1) is 0 Å². The highest BCUT2D eigenvalue weighted by atomic mass is 16.6. The van der Waals surface area contributed by atoms with Gasteiger partial charge in [-0.2, -0.15) is 0 Å². The fourth-order valence-electron chi connectivity index (χ4n) is 1.56. The molecule has 5 heteroatoms. The summed E-state index contributed by atoms with van der Waals surface area (Å²) in [6.45, 7) is 8.62. The fourth-order valence-corrected chi connectivity index (χ4v) is 1.56. The standard InChI is InChI=1S/C12H24N2O3/c1-12(2,3)17-11(15)14(4)7-6-13-10-5-8-16-9-10/h10,13H,5-9H2,1-4H3. The summed E-state index contributed by atoms with van der Waals surface area (Å²) in [5.41, 5.74) is -0.432. The van der Waals surface area contributed by atoms with E-state index < -0.39 is 5.60 Å². The van der Waals surface area contributed by atoms with E-state index in [1.165, 1.54) is 0 Å². The average Bonchev–Trinajstić information content (AvgIpc) is 2.67. The summed E-state index contributed by atoms with van der Waals surface area (Å²) in [6, 6.07) is 0.432. The lowest BCUT2D eigenvalue weighted by molar-refractivity contribution is 0.0299. The normalized spacial score (nSPS) is 20.4. The van der Waals surface area contributed by atoms with Crippen LogP contribution in [0.4, 0.5) is 4.79 Å². The van der Waals surface area contributed by atoms with Crippen molar-refractivity contribution in [2.24, 2.45) is 0 Å². The average molecular weight is 244 g/mol. The lowest BCUT2D eigenvalue weighted by atomic mass is 10.2. The summed E-state index contributed by atoms with van der Waals surface area (Å²) in [4.78, 5) is 13.2. The molecule has 0 aromatic heterocycles. The van der Waals surface area contributed by atoms with Gasteiger partial charge >= 0.3 is 6.09 Å². The molecular formula is C12H24N2O3. The summed E-state index contributed by atoms with van der Waals surface area (Å²) in [7, 11) is 1.75. The maximum absolute atomic E-state index is 11.6. The summed E-state index contributed by atoms with van der Waals surface area (Å²) in [5.74, 6) is 0. The van der Waals surface area contributed by atoms with Crippen LogP contribution < -0.4 is 5.32 Å². The number of nitrogens with one attached hydrogen (secondary N) is 1. The summed E-state index contributed by atoms with van der Waals surface area (Å²) >= 11 is 0. The third kappa shape index (κ3) is 5.89. The number of ether oxygens (including phenoxy) is 2. The van der Waals surface area contributed by atoms with Gasteiger partial charge in [-0.3, -0.25) is 0 Å². The molecule has 1 fully saturated rings. The first kappa shape index (κ1) is 14.3. The molecule has 1 rings (SSSR count). The molecule has 0 aromatic carbocycles. The minimum absolute atomic E-state index is 0.276. The molecule has 0 spiro atoms. The molecule has 0 aromatic rings. The van der Waals surface area contributed by atoms with Crippen molar-refractivity contribution in [2.45, 2.75) is 38.8 Å². The molecule has 0 aliphatic carbocycles. The first-order chi connectivity index (χ1) is 7.88. The third-order valence-corrected chi connectivity index (χ3v) is 2.52. The van der Waals surface area contributed by atoms with Crippen LogP contribution in [-0.4, -0.2) is 56.0 Å². The molecule has 0 saturated carbocycles. The van der Waals surface area contributed by atoms with Crippen LogP contribution in [0.1, 0.15) is 27.2 Å². The first-order valence-electron chi connectivity index (χ1n) is 6.14. The summed E-state index contributed by atoms with van der Waals surface area (Å²) in [5, 5.41) is 3.36. The highest BCUT2D eigenvalue weighted by Gasteiger charge is 2.20. The molecule has 100 valence electrons. The Morgan fingerprint density at radius 2 is 2.24 bits per heavy atom. The van der Waals surface area contributed by atoms with Crippen molar-refractivity contribution < 1.29 is 14.3 Å². The Kier molecular flexibility index (Phi) is 5.21. The zero-order valence-electron chi connectivity index (χ0n) is 11.3. The van der Waals surface area contributed by atoms with Crippen molar-refractivity contribution in [3.05, 3.63) is 0 Å². The van der Waals surface area contributed by atoms with Gasteiger partial charge in [0, 0.05) is 32.8 Å². The SMILES string of the molecule is CN(CCNC1CCOC1)C(=O)OC(C)(C)C. The van der Waals surface area contributed by atoms with Crippen molar-refractivity contribution in [1.29, 1.82) is 0 Å². The van der Waals surface area contributed by atoms with Crippen molar-refractivity contribution in [1.82, 2.24) is 10.2 Å². The molecule has 1 aliphatic rings. The topological polar surface area (TPSA) is 50.8 Å². The summed E-state index contributed by atoms with van der Waals surface area (Å²) in [6.07, 6.45) is 0.776. The minimum Gasteiger partial charge on any atom is -0.444 e. The van der Waals surface area contributed by atoms with Gasteiger partial charge < -0.3 is 19.7 Å². The molecule has 17 heavy (non-hydrogen) atoms. The minimum atomic E-state index is -0.432. The van der Waals surface area contributed by atoms with Gasteiger partial charge in [-0.1, -0.05) is 0 Å². The zero-order chi connectivity index (χ0) is 12.9.